The second-order valence-corrected chi connectivity index (χ2v) is 5.55. The minimum Gasteiger partial charge on any atom is -0.493 e. The summed E-state index contributed by atoms with van der Waals surface area (Å²) in [6.07, 6.45) is 3.19. The van der Waals surface area contributed by atoms with Crippen LogP contribution in [0.5, 0.6) is 11.5 Å². The van der Waals surface area contributed by atoms with E-state index in [1.54, 1.807) is 14.2 Å². The summed E-state index contributed by atoms with van der Waals surface area (Å²) in [4.78, 5) is 11.9. The van der Waals surface area contributed by atoms with E-state index in [4.69, 9.17) is 9.47 Å². The van der Waals surface area contributed by atoms with Gasteiger partial charge in [0.15, 0.2) is 11.5 Å². The lowest BCUT2D eigenvalue weighted by Crippen LogP contribution is -2.34. The van der Waals surface area contributed by atoms with E-state index in [0.29, 0.717) is 24.3 Å². The Bertz CT molecular complexity index is 528. The van der Waals surface area contributed by atoms with Crippen LogP contribution < -0.4 is 9.47 Å². The molecule has 0 unspecified atom stereocenters. The fourth-order valence-corrected chi connectivity index (χ4v) is 3.53. The number of benzene rings is 1. The monoisotopic (exact) mass is 278 g/mol. The van der Waals surface area contributed by atoms with Crippen LogP contribution in [-0.2, 0) is 10.2 Å². The van der Waals surface area contributed by atoms with Gasteiger partial charge in [0.25, 0.3) is 0 Å². The van der Waals surface area contributed by atoms with E-state index in [-0.39, 0.29) is 0 Å². The Hall–Kier alpha value is -1.71. The highest BCUT2D eigenvalue weighted by atomic mass is 16.5. The molecule has 0 atom stereocenters. The molecule has 2 rings (SSSR count). The van der Waals surface area contributed by atoms with Gasteiger partial charge < -0.3 is 14.6 Å². The summed E-state index contributed by atoms with van der Waals surface area (Å²) in [6.45, 7) is 3.90. The molecule has 1 aromatic carbocycles. The van der Waals surface area contributed by atoms with Gasteiger partial charge >= 0.3 is 5.97 Å². The Morgan fingerprint density at radius 1 is 1.10 bits per heavy atom. The van der Waals surface area contributed by atoms with Crippen LogP contribution in [0.25, 0.3) is 0 Å². The van der Waals surface area contributed by atoms with Crippen molar-refractivity contribution in [2.24, 2.45) is 0 Å². The van der Waals surface area contributed by atoms with Gasteiger partial charge in [-0.1, -0.05) is 18.9 Å². The van der Waals surface area contributed by atoms with Gasteiger partial charge in [-0.05, 0) is 37.8 Å². The molecule has 0 amide bonds. The van der Waals surface area contributed by atoms with Crippen molar-refractivity contribution in [1.29, 1.82) is 0 Å². The van der Waals surface area contributed by atoms with Crippen LogP contribution in [0.2, 0.25) is 0 Å². The van der Waals surface area contributed by atoms with E-state index in [0.717, 1.165) is 29.5 Å². The molecular formula is C16H22O4. The summed E-state index contributed by atoms with van der Waals surface area (Å²) in [5, 5.41) is 9.80. The third-order valence-corrected chi connectivity index (χ3v) is 4.37. The van der Waals surface area contributed by atoms with Crippen LogP contribution in [0.3, 0.4) is 0 Å². The third-order valence-electron chi connectivity index (χ3n) is 4.37. The van der Waals surface area contributed by atoms with Gasteiger partial charge in [-0.3, -0.25) is 4.79 Å². The number of methoxy groups -OCH3 is 2. The number of ether oxygens (including phenoxy) is 2. The lowest BCUT2D eigenvalue weighted by atomic mass is 9.75. The lowest BCUT2D eigenvalue weighted by molar-refractivity contribution is -0.143. The number of carbonyl (C=O) groups is 1. The molecule has 0 radical (unpaired) electrons. The average Bonchev–Trinajstić information content (AvgIpc) is 2.88. The zero-order chi connectivity index (χ0) is 14.9. The maximum Gasteiger partial charge on any atom is 0.314 e. The molecule has 1 fully saturated rings. The van der Waals surface area contributed by atoms with Crippen molar-refractivity contribution >= 4 is 5.97 Å². The fourth-order valence-electron chi connectivity index (χ4n) is 3.53. The molecule has 0 heterocycles. The Morgan fingerprint density at radius 2 is 1.65 bits per heavy atom. The molecule has 0 saturated heterocycles. The standard InChI is InChI=1S/C16H22O4/c1-10-9-11(2)13(19-3)14(20-4)12(10)16(15(17)18)7-5-6-8-16/h9H,5-8H2,1-4H3,(H,17,18). The van der Waals surface area contributed by atoms with E-state index < -0.39 is 11.4 Å². The van der Waals surface area contributed by atoms with Crippen LogP contribution in [0.1, 0.15) is 42.4 Å². The maximum atomic E-state index is 11.9. The number of aliphatic carboxylic acids is 1. The molecule has 1 N–H and O–H groups in total. The van der Waals surface area contributed by atoms with Gasteiger partial charge in [-0.15, -0.1) is 0 Å². The molecular weight excluding hydrogens is 256 g/mol. The first-order valence-electron chi connectivity index (χ1n) is 6.94. The fraction of sp³-hybridized carbons (Fsp3) is 0.562. The Morgan fingerprint density at radius 3 is 2.10 bits per heavy atom. The van der Waals surface area contributed by atoms with E-state index >= 15 is 0 Å². The third kappa shape index (κ3) is 2.03. The van der Waals surface area contributed by atoms with Crippen molar-refractivity contribution in [3.63, 3.8) is 0 Å². The second kappa shape index (κ2) is 5.35. The first-order valence-corrected chi connectivity index (χ1v) is 6.94. The Labute approximate surface area is 119 Å². The molecule has 1 aromatic rings. The van der Waals surface area contributed by atoms with Crippen molar-refractivity contribution in [3.8, 4) is 11.5 Å². The molecule has 1 aliphatic rings. The minimum atomic E-state index is -0.837. The highest BCUT2D eigenvalue weighted by molar-refractivity contribution is 5.84. The van der Waals surface area contributed by atoms with Crippen LogP contribution in [0.15, 0.2) is 6.07 Å². The van der Waals surface area contributed by atoms with E-state index in [9.17, 15) is 9.90 Å². The number of carboxylic acid groups (broad SMARTS) is 1. The molecule has 0 spiro atoms. The summed E-state index contributed by atoms with van der Waals surface area (Å²) in [5.74, 6) is 0.456. The predicted octanol–water partition coefficient (Wildman–Crippen LogP) is 3.22. The molecule has 0 aliphatic heterocycles. The topological polar surface area (TPSA) is 55.8 Å². The maximum absolute atomic E-state index is 11.9. The molecule has 20 heavy (non-hydrogen) atoms. The average molecular weight is 278 g/mol. The largest absolute Gasteiger partial charge is 0.493 e. The molecule has 4 nitrogen and oxygen atoms in total. The smallest absolute Gasteiger partial charge is 0.314 e. The van der Waals surface area contributed by atoms with Crippen molar-refractivity contribution in [1.82, 2.24) is 0 Å². The highest BCUT2D eigenvalue weighted by Crippen LogP contribution is 2.50. The van der Waals surface area contributed by atoms with Gasteiger partial charge in [-0.25, -0.2) is 0 Å². The number of carboxylic acids is 1. The van der Waals surface area contributed by atoms with Crippen LogP contribution in [0, 0.1) is 13.8 Å². The first-order chi connectivity index (χ1) is 9.47. The van der Waals surface area contributed by atoms with Gasteiger partial charge in [0.2, 0.25) is 0 Å². The molecule has 0 aromatic heterocycles. The van der Waals surface area contributed by atoms with Gasteiger partial charge in [0.1, 0.15) is 0 Å². The zero-order valence-electron chi connectivity index (χ0n) is 12.6. The van der Waals surface area contributed by atoms with E-state index in [2.05, 4.69) is 0 Å². The molecule has 1 saturated carbocycles. The molecule has 110 valence electrons. The summed E-state index contributed by atoms with van der Waals surface area (Å²) in [6, 6.07) is 1.99. The molecule has 1 aliphatic carbocycles. The SMILES string of the molecule is COc1c(C)cc(C)c(C2(C(=O)O)CCCC2)c1OC. The second-order valence-electron chi connectivity index (χ2n) is 5.55. The van der Waals surface area contributed by atoms with Crippen LogP contribution in [-0.4, -0.2) is 25.3 Å². The molecule has 4 heteroatoms. The lowest BCUT2D eigenvalue weighted by Gasteiger charge is -2.29. The Balaban J connectivity index is 2.75. The predicted molar refractivity (Wildman–Crippen MR) is 76.8 cm³/mol. The van der Waals surface area contributed by atoms with Gasteiger partial charge in [-0.2, -0.15) is 0 Å². The first kappa shape index (κ1) is 14.7. The van der Waals surface area contributed by atoms with Gasteiger partial charge in [0.05, 0.1) is 19.6 Å². The summed E-state index contributed by atoms with van der Waals surface area (Å²) in [7, 11) is 3.16. The number of rotatable bonds is 4. The summed E-state index contributed by atoms with van der Waals surface area (Å²) >= 11 is 0. The summed E-state index contributed by atoms with van der Waals surface area (Å²) in [5.41, 5.74) is 1.87. The molecule has 0 bridgehead atoms. The number of hydrogen-bond donors (Lipinski definition) is 1. The van der Waals surface area contributed by atoms with Crippen molar-refractivity contribution in [2.75, 3.05) is 14.2 Å². The van der Waals surface area contributed by atoms with Gasteiger partial charge in [0, 0.05) is 5.56 Å². The van der Waals surface area contributed by atoms with E-state index in [1.807, 2.05) is 19.9 Å². The van der Waals surface area contributed by atoms with Crippen molar-refractivity contribution in [2.45, 2.75) is 44.9 Å². The van der Waals surface area contributed by atoms with Crippen LogP contribution >= 0.6 is 0 Å². The number of hydrogen-bond acceptors (Lipinski definition) is 3. The number of aryl methyl sites for hydroxylation is 2. The summed E-state index contributed by atoms with van der Waals surface area (Å²) < 4.78 is 11.0. The van der Waals surface area contributed by atoms with Crippen LogP contribution in [0.4, 0.5) is 0 Å². The minimum absolute atomic E-state index is 0.578. The van der Waals surface area contributed by atoms with Crippen molar-refractivity contribution in [3.05, 3.63) is 22.8 Å². The zero-order valence-corrected chi connectivity index (χ0v) is 12.6. The Kier molecular flexibility index (Phi) is 3.93. The highest BCUT2D eigenvalue weighted by Gasteiger charge is 2.46. The van der Waals surface area contributed by atoms with E-state index in [1.165, 1.54) is 0 Å². The quantitative estimate of drug-likeness (QED) is 0.918. The van der Waals surface area contributed by atoms with Crippen molar-refractivity contribution < 1.29 is 19.4 Å². The normalized spacial score (nSPS) is 17.0.